The molecule has 0 unspecified atom stereocenters. The molecule has 0 saturated heterocycles. The van der Waals surface area contributed by atoms with Crippen molar-refractivity contribution in [3.63, 3.8) is 0 Å². The van der Waals surface area contributed by atoms with Crippen LogP contribution in [0.1, 0.15) is 5.56 Å². The quantitative estimate of drug-likeness (QED) is 0.350. The summed E-state index contributed by atoms with van der Waals surface area (Å²) < 4.78 is 49.3. The molecule has 0 fully saturated rings. The highest BCUT2D eigenvalue weighted by atomic mass is 32.2. The van der Waals surface area contributed by atoms with Crippen LogP contribution in [0.3, 0.4) is 0 Å². The Balaban J connectivity index is 1.97. The maximum absolute atomic E-state index is 13.0. The van der Waals surface area contributed by atoms with Crippen LogP contribution in [0.15, 0.2) is 65.1 Å². The van der Waals surface area contributed by atoms with Gasteiger partial charge in [-0.05, 0) is 48.0 Å². The number of carbonyl (C=O) groups is 1. The fourth-order valence-corrected chi connectivity index (χ4v) is 3.45. The highest BCUT2D eigenvalue weighted by Crippen LogP contribution is 2.27. The molecule has 2 aromatic rings. The molecule has 0 bridgehead atoms. The Morgan fingerprint density at radius 1 is 1.23 bits per heavy atom. The lowest BCUT2D eigenvalue weighted by Gasteiger charge is -2.16. The number of nitrogens with zero attached hydrogens (tertiary/aromatic N) is 2. The van der Waals surface area contributed by atoms with E-state index in [4.69, 9.17) is 9.47 Å². The Bertz CT molecular complexity index is 1020. The number of amides is 1. The molecule has 0 radical (unpaired) electrons. The zero-order valence-corrected chi connectivity index (χ0v) is 17.4. The summed E-state index contributed by atoms with van der Waals surface area (Å²) in [6.07, 6.45) is 2.99. The summed E-state index contributed by atoms with van der Waals surface area (Å²) in [5.41, 5.74) is 2.89. The normalized spacial score (nSPS) is 11.5. The van der Waals surface area contributed by atoms with Crippen molar-refractivity contribution in [2.24, 2.45) is 5.10 Å². The number of hydrogen-bond acceptors (Lipinski definition) is 6. The van der Waals surface area contributed by atoms with Crippen LogP contribution >= 0.6 is 0 Å². The second kappa shape index (κ2) is 10.5. The SMILES string of the molecule is C=CCOc1ccc(/C=N\NC(=O)CN(C)S(=O)(=O)c2ccc(F)cc2)cc1OC. The zero-order chi connectivity index (χ0) is 22.1. The van der Waals surface area contributed by atoms with Gasteiger partial charge in [0, 0.05) is 7.05 Å². The fourth-order valence-electron chi connectivity index (χ4n) is 2.32. The van der Waals surface area contributed by atoms with Gasteiger partial charge in [-0.15, -0.1) is 0 Å². The third kappa shape index (κ3) is 6.13. The first-order chi connectivity index (χ1) is 14.3. The molecule has 0 spiro atoms. The lowest BCUT2D eigenvalue weighted by atomic mass is 10.2. The Kier molecular flexibility index (Phi) is 8.07. The largest absolute Gasteiger partial charge is 0.493 e. The van der Waals surface area contributed by atoms with Gasteiger partial charge in [-0.25, -0.2) is 18.2 Å². The van der Waals surface area contributed by atoms with E-state index in [1.165, 1.54) is 20.4 Å². The average Bonchev–Trinajstić information content (AvgIpc) is 2.72. The molecule has 0 heterocycles. The van der Waals surface area contributed by atoms with Crippen molar-refractivity contribution < 1.29 is 27.1 Å². The van der Waals surface area contributed by atoms with E-state index in [-0.39, 0.29) is 4.90 Å². The molecule has 8 nitrogen and oxygen atoms in total. The third-order valence-electron chi connectivity index (χ3n) is 3.84. The summed E-state index contributed by atoms with van der Waals surface area (Å²) in [5.74, 6) is -0.179. The fraction of sp³-hybridized carbons (Fsp3) is 0.200. The molecule has 1 amide bonds. The first-order valence-electron chi connectivity index (χ1n) is 8.73. The van der Waals surface area contributed by atoms with Crippen molar-refractivity contribution in [1.29, 1.82) is 0 Å². The van der Waals surface area contributed by atoms with Crippen molar-refractivity contribution in [3.05, 3.63) is 66.5 Å². The van der Waals surface area contributed by atoms with Gasteiger partial charge in [0.2, 0.25) is 10.0 Å². The van der Waals surface area contributed by atoms with Crippen LogP contribution in [0.25, 0.3) is 0 Å². The molecule has 30 heavy (non-hydrogen) atoms. The summed E-state index contributed by atoms with van der Waals surface area (Å²) in [7, 11) is -1.19. The van der Waals surface area contributed by atoms with Crippen molar-refractivity contribution in [1.82, 2.24) is 9.73 Å². The van der Waals surface area contributed by atoms with Crippen molar-refractivity contribution in [2.75, 3.05) is 27.3 Å². The summed E-state index contributed by atoms with van der Waals surface area (Å²) in [6, 6.07) is 9.40. The summed E-state index contributed by atoms with van der Waals surface area (Å²) in [5, 5.41) is 3.82. The molecule has 0 saturated carbocycles. The number of hydrogen-bond donors (Lipinski definition) is 1. The van der Waals surface area contributed by atoms with Gasteiger partial charge < -0.3 is 9.47 Å². The first kappa shape index (κ1) is 23.0. The van der Waals surface area contributed by atoms with Gasteiger partial charge in [-0.2, -0.15) is 9.41 Å². The zero-order valence-electron chi connectivity index (χ0n) is 16.5. The standard InChI is InChI=1S/C20H22FN3O5S/c1-4-11-29-18-10-5-15(12-19(18)28-3)13-22-23-20(25)14-24(2)30(26,27)17-8-6-16(21)7-9-17/h4-10,12-13H,1,11,14H2,2-3H3,(H,23,25)/b22-13-. The molecule has 0 atom stereocenters. The van der Waals surface area contributed by atoms with Crippen LogP contribution in [-0.4, -0.2) is 52.2 Å². The maximum Gasteiger partial charge on any atom is 0.255 e. The van der Waals surface area contributed by atoms with Gasteiger partial charge in [0.15, 0.2) is 11.5 Å². The highest BCUT2D eigenvalue weighted by Gasteiger charge is 2.22. The Hall–Kier alpha value is -3.24. The summed E-state index contributed by atoms with van der Waals surface area (Å²) in [4.78, 5) is 11.9. The van der Waals surface area contributed by atoms with Crippen LogP contribution in [0.2, 0.25) is 0 Å². The number of halogens is 1. The summed E-state index contributed by atoms with van der Waals surface area (Å²) in [6.45, 7) is 3.44. The number of carbonyl (C=O) groups excluding carboxylic acids is 1. The van der Waals surface area contributed by atoms with Crippen molar-refractivity contribution in [2.45, 2.75) is 4.90 Å². The van der Waals surface area contributed by atoms with Gasteiger partial charge in [-0.1, -0.05) is 12.7 Å². The van der Waals surface area contributed by atoms with Crippen LogP contribution < -0.4 is 14.9 Å². The minimum Gasteiger partial charge on any atom is -0.493 e. The number of benzene rings is 2. The van der Waals surface area contributed by atoms with E-state index in [9.17, 15) is 17.6 Å². The van der Waals surface area contributed by atoms with Gasteiger partial charge in [0.1, 0.15) is 12.4 Å². The smallest absolute Gasteiger partial charge is 0.255 e. The number of methoxy groups -OCH3 is 1. The lowest BCUT2D eigenvalue weighted by Crippen LogP contribution is -2.36. The molecule has 0 aliphatic heterocycles. The molecule has 10 heteroatoms. The molecule has 0 aliphatic carbocycles. The van der Waals surface area contributed by atoms with Crippen molar-refractivity contribution in [3.8, 4) is 11.5 Å². The van der Waals surface area contributed by atoms with E-state index in [0.29, 0.717) is 23.7 Å². The molecule has 1 N–H and O–H groups in total. The second-order valence-electron chi connectivity index (χ2n) is 6.02. The van der Waals surface area contributed by atoms with Gasteiger partial charge in [0.25, 0.3) is 5.91 Å². The van der Waals surface area contributed by atoms with E-state index in [0.717, 1.165) is 28.6 Å². The Morgan fingerprint density at radius 2 is 1.93 bits per heavy atom. The third-order valence-corrected chi connectivity index (χ3v) is 5.65. The van der Waals surface area contributed by atoms with Gasteiger partial charge in [-0.3, -0.25) is 4.79 Å². The average molecular weight is 435 g/mol. The monoisotopic (exact) mass is 435 g/mol. The van der Waals surface area contributed by atoms with E-state index in [1.807, 2.05) is 0 Å². The lowest BCUT2D eigenvalue weighted by molar-refractivity contribution is -0.121. The van der Waals surface area contributed by atoms with Crippen LogP contribution in [0.4, 0.5) is 4.39 Å². The number of hydrazone groups is 1. The highest BCUT2D eigenvalue weighted by molar-refractivity contribution is 7.89. The Morgan fingerprint density at radius 3 is 2.57 bits per heavy atom. The molecular formula is C20H22FN3O5S. The molecule has 0 aromatic heterocycles. The van der Waals surface area contributed by atoms with E-state index in [2.05, 4.69) is 17.1 Å². The number of nitrogens with one attached hydrogen (secondary N) is 1. The predicted molar refractivity (Wildman–Crippen MR) is 111 cm³/mol. The van der Waals surface area contributed by atoms with E-state index < -0.39 is 28.3 Å². The molecule has 2 aromatic carbocycles. The van der Waals surface area contributed by atoms with Gasteiger partial charge in [0.05, 0.1) is 24.8 Å². The topological polar surface area (TPSA) is 97.3 Å². The second-order valence-corrected chi connectivity index (χ2v) is 8.06. The maximum atomic E-state index is 13.0. The molecule has 0 aliphatic rings. The van der Waals surface area contributed by atoms with Crippen LogP contribution in [0, 0.1) is 5.82 Å². The summed E-state index contributed by atoms with van der Waals surface area (Å²) >= 11 is 0. The number of likely N-dealkylation sites (N-methyl/N-ethyl adjacent to an activating group) is 1. The molecular weight excluding hydrogens is 413 g/mol. The minimum absolute atomic E-state index is 0.117. The number of ether oxygens (including phenoxy) is 2. The molecule has 2 rings (SSSR count). The van der Waals surface area contributed by atoms with E-state index in [1.54, 1.807) is 24.3 Å². The van der Waals surface area contributed by atoms with Crippen LogP contribution in [-0.2, 0) is 14.8 Å². The number of sulfonamides is 1. The predicted octanol–water partition coefficient (Wildman–Crippen LogP) is 2.17. The van der Waals surface area contributed by atoms with Gasteiger partial charge >= 0.3 is 0 Å². The Labute approximate surface area is 174 Å². The first-order valence-corrected chi connectivity index (χ1v) is 10.2. The van der Waals surface area contributed by atoms with E-state index >= 15 is 0 Å². The molecule has 160 valence electrons. The van der Waals surface area contributed by atoms with Crippen LogP contribution in [0.5, 0.6) is 11.5 Å². The number of rotatable bonds is 10. The minimum atomic E-state index is -3.93. The van der Waals surface area contributed by atoms with Crippen molar-refractivity contribution >= 4 is 22.1 Å².